The first-order chi connectivity index (χ1) is 12.6. The Kier molecular flexibility index (Phi) is 4.03. The van der Waals surface area contributed by atoms with Gasteiger partial charge in [-0.3, -0.25) is 4.79 Å². The molecule has 134 valence electrons. The van der Waals surface area contributed by atoms with Crippen LogP contribution in [0.1, 0.15) is 52.8 Å². The summed E-state index contributed by atoms with van der Waals surface area (Å²) in [6, 6.07) is 5.24. The molecular weight excluding hydrogens is 332 g/mol. The average Bonchev–Trinajstić information content (AvgIpc) is 3.13. The van der Waals surface area contributed by atoms with E-state index in [-0.39, 0.29) is 12.5 Å². The summed E-state index contributed by atoms with van der Waals surface area (Å²) < 4.78 is 11.2. The van der Waals surface area contributed by atoms with Crippen molar-refractivity contribution in [2.24, 2.45) is 0 Å². The number of hydrogen-bond donors (Lipinski definition) is 2. The maximum Gasteiger partial charge on any atom is 0.342 e. The Labute approximate surface area is 151 Å². The standard InChI is InChI=1S/C20H20N2O4/c1-2-25-20(24)18-12-5-3-4-6-16(12)26-17(18)10-14-13-9-11(21)7-8-15(13)22-19(14)23/h7-10H,2-6,21H2,1H3,(H,22,23). The van der Waals surface area contributed by atoms with Gasteiger partial charge in [-0.25, -0.2) is 4.79 Å². The fourth-order valence-corrected chi connectivity index (χ4v) is 3.60. The summed E-state index contributed by atoms with van der Waals surface area (Å²) in [5.74, 6) is 0.556. The number of aryl methyl sites for hydroxylation is 1. The number of amides is 1. The third kappa shape index (κ3) is 2.67. The highest BCUT2D eigenvalue weighted by atomic mass is 16.5. The van der Waals surface area contributed by atoms with Crippen molar-refractivity contribution in [2.75, 3.05) is 17.7 Å². The van der Waals surface area contributed by atoms with Gasteiger partial charge in [-0.2, -0.15) is 0 Å². The zero-order chi connectivity index (χ0) is 18.3. The lowest BCUT2D eigenvalue weighted by molar-refractivity contribution is -0.110. The van der Waals surface area contributed by atoms with Crippen LogP contribution < -0.4 is 11.1 Å². The molecule has 0 unspecified atom stereocenters. The van der Waals surface area contributed by atoms with Crippen LogP contribution in [-0.4, -0.2) is 18.5 Å². The summed E-state index contributed by atoms with van der Waals surface area (Å²) in [7, 11) is 0. The third-order valence-corrected chi connectivity index (χ3v) is 4.78. The summed E-state index contributed by atoms with van der Waals surface area (Å²) >= 11 is 0. The normalized spacial score (nSPS) is 17.0. The Morgan fingerprint density at radius 3 is 2.96 bits per heavy atom. The Hall–Kier alpha value is -3.02. The molecule has 0 atom stereocenters. The Balaban J connectivity index is 1.85. The van der Waals surface area contributed by atoms with Crippen molar-refractivity contribution in [3.05, 3.63) is 46.4 Å². The van der Waals surface area contributed by atoms with Gasteiger partial charge in [0, 0.05) is 28.9 Å². The molecule has 1 aromatic heterocycles. The Morgan fingerprint density at radius 2 is 2.15 bits per heavy atom. The van der Waals surface area contributed by atoms with Crippen LogP contribution in [0.5, 0.6) is 0 Å². The first-order valence-electron chi connectivity index (χ1n) is 8.83. The molecule has 2 aromatic rings. The molecule has 0 fully saturated rings. The smallest absolute Gasteiger partial charge is 0.342 e. The molecule has 6 heteroatoms. The summed E-state index contributed by atoms with van der Waals surface area (Å²) in [5, 5.41) is 2.81. The van der Waals surface area contributed by atoms with Crippen molar-refractivity contribution >= 4 is 34.9 Å². The Morgan fingerprint density at radius 1 is 1.35 bits per heavy atom. The van der Waals surface area contributed by atoms with E-state index in [2.05, 4.69) is 5.32 Å². The highest BCUT2D eigenvalue weighted by Crippen LogP contribution is 2.37. The zero-order valence-corrected chi connectivity index (χ0v) is 14.6. The lowest BCUT2D eigenvalue weighted by atomic mass is 9.94. The number of hydrogen-bond acceptors (Lipinski definition) is 5. The highest BCUT2D eigenvalue weighted by Gasteiger charge is 2.30. The topological polar surface area (TPSA) is 94.6 Å². The monoisotopic (exact) mass is 352 g/mol. The first kappa shape index (κ1) is 16.4. The number of fused-ring (bicyclic) bond motifs is 2. The lowest BCUT2D eigenvalue weighted by Gasteiger charge is -2.10. The summed E-state index contributed by atoms with van der Waals surface area (Å²) in [6.07, 6.45) is 5.24. The van der Waals surface area contributed by atoms with E-state index in [0.29, 0.717) is 33.8 Å². The van der Waals surface area contributed by atoms with Crippen LogP contribution in [0.15, 0.2) is 22.6 Å². The van der Waals surface area contributed by atoms with E-state index in [9.17, 15) is 9.59 Å². The maximum atomic E-state index is 12.5. The van der Waals surface area contributed by atoms with Gasteiger partial charge >= 0.3 is 5.97 Å². The van der Waals surface area contributed by atoms with Gasteiger partial charge in [-0.05, 0) is 50.5 Å². The SMILES string of the molecule is CCOC(=O)c1c(C=C2C(=O)Nc3ccc(N)cc32)oc2c1CCCC2. The summed E-state index contributed by atoms with van der Waals surface area (Å²) in [6.45, 7) is 2.06. The highest BCUT2D eigenvalue weighted by molar-refractivity contribution is 6.35. The second-order valence-electron chi connectivity index (χ2n) is 6.49. The molecule has 1 aliphatic carbocycles. The van der Waals surface area contributed by atoms with E-state index in [1.54, 1.807) is 31.2 Å². The van der Waals surface area contributed by atoms with Gasteiger partial charge in [0.15, 0.2) is 0 Å². The van der Waals surface area contributed by atoms with Crippen molar-refractivity contribution in [3.8, 4) is 0 Å². The quantitative estimate of drug-likeness (QED) is 0.501. The van der Waals surface area contributed by atoms with E-state index in [1.165, 1.54) is 0 Å². The van der Waals surface area contributed by atoms with E-state index in [1.807, 2.05) is 0 Å². The molecule has 4 rings (SSSR count). The second-order valence-corrected chi connectivity index (χ2v) is 6.49. The molecule has 1 aromatic carbocycles. The molecule has 0 bridgehead atoms. The van der Waals surface area contributed by atoms with Crippen molar-refractivity contribution in [1.29, 1.82) is 0 Å². The van der Waals surface area contributed by atoms with Crippen molar-refractivity contribution in [2.45, 2.75) is 32.6 Å². The predicted molar refractivity (Wildman–Crippen MR) is 98.7 cm³/mol. The molecule has 0 radical (unpaired) electrons. The molecule has 1 amide bonds. The molecule has 6 nitrogen and oxygen atoms in total. The number of anilines is 2. The number of nitrogens with one attached hydrogen (secondary N) is 1. The van der Waals surface area contributed by atoms with Crippen molar-refractivity contribution < 1.29 is 18.7 Å². The van der Waals surface area contributed by atoms with Gasteiger partial charge in [0.25, 0.3) is 5.91 Å². The number of carbonyl (C=O) groups excluding carboxylic acids is 2. The molecule has 26 heavy (non-hydrogen) atoms. The third-order valence-electron chi connectivity index (χ3n) is 4.78. The number of carbonyl (C=O) groups is 2. The summed E-state index contributed by atoms with van der Waals surface area (Å²) in [4.78, 5) is 24.9. The molecule has 0 saturated heterocycles. The number of nitrogen functional groups attached to an aromatic ring is 1. The molecule has 0 spiro atoms. The van der Waals surface area contributed by atoms with Crippen LogP contribution >= 0.6 is 0 Å². The maximum absolute atomic E-state index is 12.5. The number of esters is 1. The minimum Gasteiger partial charge on any atom is -0.462 e. The summed E-state index contributed by atoms with van der Waals surface area (Å²) in [5.41, 5.74) is 9.62. The van der Waals surface area contributed by atoms with E-state index in [0.717, 1.165) is 37.0 Å². The average molecular weight is 352 g/mol. The first-order valence-corrected chi connectivity index (χ1v) is 8.83. The zero-order valence-electron chi connectivity index (χ0n) is 14.6. The number of furan rings is 1. The van der Waals surface area contributed by atoms with Gasteiger partial charge in [-0.1, -0.05) is 0 Å². The minimum absolute atomic E-state index is 0.241. The van der Waals surface area contributed by atoms with Gasteiger partial charge in [0.1, 0.15) is 17.1 Å². The number of benzene rings is 1. The van der Waals surface area contributed by atoms with E-state index in [4.69, 9.17) is 14.9 Å². The molecule has 2 heterocycles. The molecule has 1 aliphatic heterocycles. The van der Waals surface area contributed by atoms with E-state index < -0.39 is 5.97 Å². The molecule has 3 N–H and O–H groups in total. The van der Waals surface area contributed by atoms with E-state index >= 15 is 0 Å². The number of ether oxygens (including phenoxy) is 1. The number of nitrogens with two attached hydrogens (primary N) is 1. The van der Waals surface area contributed by atoms with Crippen molar-refractivity contribution in [3.63, 3.8) is 0 Å². The predicted octanol–water partition coefficient (Wildman–Crippen LogP) is 3.41. The van der Waals surface area contributed by atoms with Crippen LogP contribution in [0.2, 0.25) is 0 Å². The van der Waals surface area contributed by atoms with Crippen LogP contribution in [0.25, 0.3) is 11.6 Å². The molecule has 2 aliphatic rings. The van der Waals surface area contributed by atoms with Gasteiger partial charge in [-0.15, -0.1) is 0 Å². The van der Waals surface area contributed by atoms with Crippen LogP contribution in [0.3, 0.4) is 0 Å². The fourth-order valence-electron chi connectivity index (χ4n) is 3.60. The van der Waals surface area contributed by atoms with Crippen LogP contribution in [0.4, 0.5) is 11.4 Å². The fraction of sp³-hybridized carbons (Fsp3) is 0.300. The van der Waals surface area contributed by atoms with Gasteiger partial charge in [0.05, 0.1) is 12.2 Å². The van der Waals surface area contributed by atoms with Crippen LogP contribution in [0, 0.1) is 0 Å². The molecular formula is C20H20N2O4. The lowest BCUT2D eigenvalue weighted by Crippen LogP contribution is -2.10. The van der Waals surface area contributed by atoms with Gasteiger partial charge < -0.3 is 20.2 Å². The minimum atomic E-state index is -0.405. The van der Waals surface area contributed by atoms with Crippen molar-refractivity contribution in [1.82, 2.24) is 0 Å². The number of rotatable bonds is 3. The second kappa shape index (κ2) is 6.37. The van der Waals surface area contributed by atoms with Crippen LogP contribution in [-0.2, 0) is 22.4 Å². The van der Waals surface area contributed by atoms with Gasteiger partial charge in [0.2, 0.25) is 0 Å². The Bertz CT molecular complexity index is 940. The largest absolute Gasteiger partial charge is 0.462 e. The molecule has 0 saturated carbocycles.